The number of halogens is 3. The normalized spacial score (nSPS) is 19.5. The fraction of sp³-hybridized carbons (Fsp3) is 0.391. The summed E-state index contributed by atoms with van der Waals surface area (Å²) < 4.78 is 39.9. The Kier molecular flexibility index (Phi) is 5.51. The van der Waals surface area contributed by atoms with Crippen molar-refractivity contribution in [2.75, 3.05) is 20.1 Å². The third kappa shape index (κ3) is 3.92. The van der Waals surface area contributed by atoms with Gasteiger partial charge in [-0.15, -0.1) is 0 Å². The molecule has 0 aliphatic carbocycles. The van der Waals surface area contributed by atoms with Gasteiger partial charge in [0.1, 0.15) is 5.54 Å². The first-order chi connectivity index (χ1) is 14.7. The van der Waals surface area contributed by atoms with E-state index in [1.54, 1.807) is 13.1 Å². The number of carbonyl (C=O) groups is 2. The van der Waals surface area contributed by atoms with Gasteiger partial charge in [-0.2, -0.15) is 13.2 Å². The zero-order valence-corrected chi connectivity index (χ0v) is 17.2. The summed E-state index contributed by atoms with van der Waals surface area (Å²) in [5.74, 6) is -0.223. The van der Waals surface area contributed by atoms with E-state index >= 15 is 0 Å². The number of urea groups is 1. The minimum absolute atomic E-state index is 0.158. The number of piperidine rings is 1. The van der Waals surface area contributed by atoms with Crippen LogP contribution in [0.15, 0.2) is 54.6 Å². The molecular formula is C23H24F3N3O2. The first-order valence-electron chi connectivity index (χ1n) is 10.2. The van der Waals surface area contributed by atoms with Crippen LogP contribution in [-0.4, -0.2) is 52.3 Å². The van der Waals surface area contributed by atoms with Gasteiger partial charge >= 0.3 is 12.2 Å². The average Bonchev–Trinajstić information content (AvgIpc) is 2.92. The Balaban J connectivity index is 1.46. The molecule has 5 nitrogen and oxygen atoms in total. The summed E-state index contributed by atoms with van der Waals surface area (Å²) in [6, 6.07) is 14.6. The van der Waals surface area contributed by atoms with Crippen molar-refractivity contribution in [1.82, 2.24) is 14.7 Å². The van der Waals surface area contributed by atoms with Crippen LogP contribution < -0.4 is 0 Å². The number of hydrogen-bond acceptors (Lipinski definition) is 3. The van der Waals surface area contributed by atoms with Gasteiger partial charge in [0.05, 0.1) is 12.1 Å². The molecule has 2 saturated heterocycles. The Morgan fingerprint density at radius 3 is 2.16 bits per heavy atom. The number of benzene rings is 2. The summed E-state index contributed by atoms with van der Waals surface area (Å²) in [5.41, 5.74) is -0.463. The van der Waals surface area contributed by atoms with Gasteiger partial charge in [-0.05, 0) is 30.0 Å². The molecule has 2 aromatic carbocycles. The van der Waals surface area contributed by atoms with E-state index in [2.05, 4.69) is 0 Å². The Labute approximate surface area is 179 Å². The third-order valence-corrected chi connectivity index (χ3v) is 6.39. The molecule has 2 aliphatic heterocycles. The van der Waals surface area contributed by atoms with Crippen molar-refractivity contribution in [2.24, 2.45) is 0 Å². The molecule has 8 heteroatoms. The van der Waals surface area contributed by atoms with Crippen LogP contribution in [0.25, 0.3) is 0 Å². The number of likely N-dealkylation sites (tertiary alicyclic amines) is 1. The lowest BCUT2D eigenvalue weighted by Crippen LogP contribution is -2.55. The molecule has 2 heterocycles. The number of amides is 3. The molecule has 31 heavy (non-hydrogen) atoms. The fourth-order valence-electron chi connectivity index (χ4n) is 4.56. The van der Waals surface area contributed by atoms with Crippen LogP contribution in [0.5, 0.6) is 0 Å². The Hall–Kier alpha value is -2.87. The zero-order chi connectivity index (χ0) is 22.2. The monoisotopic (exact) mass is 431 g/mol. The molecule has 0 unspecified atom stereocenters. The largest absolute Gasteiger partial charge is 0.416 e. The standard InChI is InChI=1S/C23H24F3N3O2/c1-27-21(31)29(15-17-7-3-2-4-8-17)20(30)22(27)11-13-28(14-12-22)16-18-9-5-6-10-19(18)23(24,25)26/h2-10H,11-16H2,1H3. The molecule has 1 spiro atoms. The van der Waals surface area contributed by atoms with Crippen LogP contribution in [0.4, 0.5) is 18.0 Å². The van der Waals surface area contributed by atoms with E-state index in [4.69, 9.17) is 0 Å². The maximum Gasteiger partial charge on any atom is 0.416 e. The summed E-state index contributed by atoms with van der Waals surface area (Å²) in [7, 11) is 1.64. The van der Waals surface area contributed by atoms with Crippen LogP contribution in [-0.2, 0) is 24.1 Å². The van der Waals surface area contributed by atoms with Crippen LogP contribution >= 0.6 is 0 Å². The van der Waals surface area contributed by atoms with Crippen LogP contribution in [0.2, 0.25) is 0 Å². The van der Waals surface area contributed by atoms with Crippen molar-refractivity contribution in [2.45, 2.75) is 37.6 Å². The molecule has 2 aromatic rings. The molecule has 2 fully saturated rings. The third-order valence-electron chi connectivity index (χ3n) is 6.39. The summed E-state index contributed by atoms with van der Waals surface area (Å²) in [6.45, 7) is 1.25. The Morgan fingerprint density at radius 1 is 0.903 bits per heavy atom. The van der Waals surface area contributed by atoms with Gasteiger partial charge < -0.3 is 4.90 Å². The molecule has 4 rings (SSSR count). The second-order valence-corrected chi connectivity index (χ2v) is 8.18. The highest BCUT2D eigenvalue weighted by Gasteiger charge is 2.56. The van der Waals surface area contributed by atoms with Crippen molar-refractivity contribution in [3.8, 4) is 0 Å². The van der Waals surface area contributed by atoms with Gasteiger partial charge in [-0.1, -0.05) is 48.5 Å². The quantitative estimate of drug-likeness (QED) is 0.684. The number of imide groups is 1. The van der Waals surface area contributed by atoms with Crippen molar-refractivity contribution in [3.05, 3.63) is 71.3 Å². The molecule has 0 radical (unpaired) electrons. The molecule has 0 atom stereocenters. The highest BCUT2D eigenvalue weighted by Crippen LogP contribution is 2.38. The maximum atomic E-state index is 13.3. The smallest absolute Gasteiger partial charge is 0.312 e. The van der Waals surface area contributed by atoms with E-state index in [-0.39, 0.29) is 30.6 Å². The first-order valence-corrected chi connectivity index (χ1v) is 10.2. The Morgan fingerprint density at radius 2 is 1.52 bits per heavy atom. The summed E-state index contributed by atoms with van der Waals surface area (Å²) in [6.07, 6.45) is -3.61. The lowest BCUT2D eigenvalue weighted by molar-refractivity contribution is -0.138. The van der Waals surface area contributed by atoms with E-state index in [9.17, 15) is 22.8 Å². The molecule has 0 N–H and O–H groups in total. The number of alkyl halides is 3. The van der Waals surface area contributed by atoms with Gasteiger partial charge in [-0.3, -0.25) is 14.6 Å². The molecular weight excluding hydrogens is 407 g/mol. The summed E-state index contributed by atoms with van der Waals surface area (Å²) in [4.78, 5) is 30.8. The summed E-state index contributed by atoms with van der Waals surface area (Å²) >= 11 is 0. The molecule has 164 valence electrons. The number of likely N-dealkylation sites (N-methyl/N-ethyl adjacent to an activating group) is 1. The topological polar surface area (TPSA) is 43.9 Å². The van der Waals surface area contributed by atoms with Gasteiger partial charge in [0.15, 0.2) is 0 Å². The molecule has 3 amide bonds. The van der Waals surface area contributed by atoms with Crippen molar-refractivity contribution in [3.63, 3.8) is 0 Å². The maximum absolute atomic E-state index is 13.3. The lowest BCUT2D eigenvalue weighted by Gasteiger charge is -2.41. The fourth-order valence-corrected chi connectivity index (χ4v) is 4.56. The number of rotatable bonds is 4. The SMILES string of the molecule is CN1C(=O)N(Cc2ccccc2)C(=O)C12CCN(Cc1ccccc1C(F)(F)F)CC2. The van der Waals surface area contributed by atoms with Gasteiger partial charge in [0.25, 0.3) is 5.91 Å². The van der Waals surface area contributed by atoms with E-state index < -0.39 is 17.3 Å². The zero-order valence-electron chi connectivity index (χ0n) is 17.2. The van der Waals surface area contributed by atoms with Crippen LogP contribution in [0.3, 0.4) is 0 Å². The van der Waals surface area contributed by atoms with Gasteiger partial charge in [0, 0.05) is 26.7 Å². The number of carbonyl (C=O) groups excluding carboxylic acids is 2. The number of hydrogen-bond donors (Lipinski definition) is 0. The number of nitrogens with zero attached hydrogens (tertiary/aromatic N) is 3. The molecule has 0 bridgehead atoms. The van der Waals surface area contributed by atoms with Crippen molar-refractivity contribution < 1.29 is 22.8 Å². The van der Waals surface area contributed by atoms with E-state index in [1.807, 2.05) is 35.2 Å². The second-order valence-electron chi connectivity index (χ2n) is 8.18. The van der Waals surface area contributed by atoms with Crippen molar-refractivity contribution in [1.29, 1.82) is 0 Å². The highest BCUT2D eigenvalue weighted by molar-refractivity contribution is 6.06. The van der Waals surface area contributed by atoms with Gasteiger partial charge in [-0.25, -0.2) is 4.79 Å². The van der Waals surface area contributed by atoms with Crippen molar-refractivity contribution >= 4 is 11.9 Å². The molecule has 0 saturated carbocycles. The first kappa shape index (κ1) is 21.4. The van der Waals surface area contributed by atoms with E-state index in [0.29, 0.717) is 25.9 Å². The Bertz CT molecular complexity index is 970. The molecule has 0 aromatic heterocycles. The van der Waals surface area contributed by atoms with E-state index in [0.717, 1.165) is 11.6 Å². The molecule has 2 aliphatic rings. The highest BCUT2D eigenvalue weighted by atomic mass is 19.4. The lowest BCUT2D eigenvalue weighted by atomic mass is 9.86. The van der Waals surface area contributed by atoms with Gasteiger partial charge in [0.2, 0.25) is 0 Å². The van der Waals surface area contributed by atoms with E-state index in [1.165, 1.54) is 21.9 Å². The van der Waals surface area contributed by atoms with Crippen LogP contribution in [0, 0.1) is 0 Å². The average molecular weight is 431 g/mol. The summed E-state index contributed by atoms with van der Waals surface area (Å²) in [5, 5.41) is 0. The predicted molar refractivity (Wildman–Crippen MR) is 109 cm³/mol. The second kappa shape index (κ2) is 8.00. The predicted octanol–water partition coefficient (Wildman–Crippen LogP) is 4.13. The van der Waals surface area contributed by atoms with Crippen LogP contribution in [0.1, 0.15) is 29.5 Å². The minimum Gasteiger partial charge on any atom is -0.312 e. The minimum atomic E-state index is -4.40.